The van der Waals surface area contributed by atoms with Crippen LogP contribution in [0.2, 0.25) is 0 Å². The Hall–Kier alpha value is -5.40. The summed E-state index contributed by atoms with van der Waals surface area (Å²) in [6.07, 6.45) is 10.7. The lowest BCUT2D eigenvalue weighted by Crippen LogP contribution is -2.41. The van der Waals surface area contributed by atoms with Crippen molar-refractivity contribution in [2.24, 2.45) is 5.92 Å². The molecule has 2 fully saturated rings. The number of aromatic nitrogens is 5. The van der Waals surface area contributed by atoms with Gasteiger partial charge in [-0.15, -0.1) is 0 Å². The van der Waals surface area contributed by atoms with E-state index in [1.807, 2.05) is 47.5 Å². The molecule has 2 aromatic carbocycles. The van der Waals surface area contributed by atoms with Crippen LogP contribution in [0.4, 0.5) is 14.5 Å². The van der Waals surface area contributed by atoms with Crippen LogP contribution in [0.5, 0.6) is 0 Å². The molecule has 8 rings (SSSR count). The number of pyridine rings is 1. The van der Waals surface area contributed by atoms with Crippen LogP contribution < -0.4 is 5.32 Å². The van der Waals surface area contributed by atoms with Crippen LogP contribution in [-0.2, 0) is 14.3 Å². The molecular weight excluding hydrogens is 666 g/mol. The van der Waals surface area contributed by atoms with Crippen LogP contribution in [0.15, 0.2) is 73.2 Å². The maximum atomic E-state index is 14.6. The number of hydrogen-bond donors (Lipinski definition) is 2. The first-order valence-corrected chi connectivity index (χ1v) is 17.5. The summed E-state index contributed by atoms with van der Waals surface area (Å²) in [5.41, 5.74) is 6.82. The van der Waals surface area contributed by atoms with Crippen molar-refractivity contribution in [2.45, 2.75) is 31.6 Å². The molecule has 2 amide bonds. The maximum absolute atomic E-state index is 14.6. The molecule has 0 radical (unpaired) electrons. The third-order valence-corrected chi connectivity index (χ3v) is 9.73. The number of nitrogens with zero attached hydrogens (tertiary/aromatic N) is 6. The molecule has 1 aliphatic carbocycles. The number of aromatic amines is 1. The number of methoxy groups -OCH3 is 1. The first kappa shape index (κ1) is 35.0. The van der Waals surface area contributed by atoms with Crippen LogP contribution >= 0.6 is 0 Å². The summed E-state index contributed by atoms with van der Waals surface area (Å²) in [5.74, 6) is 0.374. The lowest BCUT2D eigenvalue weighted by Gasteiger charge is -2.28. The molecule has 2 aliphatic heterocycles. The second kappa shape index (κ2) is 15.9. The summed E-state index contributed by atoms with van der Waals surface area (Å²) < 4.78 is 32.8. The van der Waals surface area contributed by atoms with Crippen molar-refractivity contribution in [3.8, 4) is 22.6 Å². The highest BCUT2D eigenvalue weighted by Crippen LogP contribution is 2.40. The minimum absolute atomic E-state index is 0.128. The smallest absolute Gasteiger partial charge is 0.237 e. The molecule has 3 aliphatic rings. The SMILES string of the molecule is COCC1CCN(CC(=O)N2CC=C(c3ccc(-c4ncc(F)cn4)c(F)c3)CC2)C1.O=CNc1ccc2[nH]nc(-c3ccnc(C4CC4)c3)c2c1. The molecular formula is C39H40F2N8O3. The molecule has 5 aromatic rings. The number of fused-ring (bicyclic) bond motifs is 1. The zero-order valence-electron chi connectivity index (χ0n) is 28.9. The van der Waals surface area contributed by atoms with E-state index in [2.05, 4.69) is 41.4 Å². The normalized spacial score (nSPS) is 17.4. The highest BCUT2D eigenvalue weighted by Gasteiger charge is 2.27. The number of ether oxygens (including phenoxy) is 1. The van der Waals surface area contributed by atoms with Crippen molar-refractivity contribution in [3.63, 3.8) is 0 Å². The molecule has 11 nitrogen and oxygen atoms in total. The van der Waals surface area contributed by atoms with Crippen LogP contribution in [0, 0.1) is 17.6 Å². The quantitative estimate of drug-likeness (QED) is 0.167. The fraction of sp³-hybridized carbons (Fsp3) is 0.333. The highest BCUT2D eigenvalue weighted by atomic mass is 19.1. The summed E-state index contributed by atoms with van der Waals surface area (Å²) in [5, 5.41) is 11.1. The van der Waals surface area contributed by atoms with E-state index in [4.69, 9.17) is 4.74 Å². The van der Waals surface area contributed by atoms with Gasteiger partial charge >= 0.3 is 0 Å². The van der Waals surface area contributed by atoms with Gasteiger partial charge in [0.15, 0.2) is 11.6 Å². The Balaban J connectivity index is 0.000000174. The number of benzene rings is 2. The standard InChI is InChI=1S/C23H26F2N4O2.C16H14N4O/c1-31-15-16-4-7-28(13-16)14-22(30)29-8-5-17(6-9-29)18-2-3-20(21(25)10-18)23-26-11-19(24)12-27-23;21-9-18-12-3-4-14-13(8-12)16(20-19-14)11-5-6-17-15(7-11)10-1-2-10/h2-3,5,10-12,16H,4,6-9,13-15H2,1H3;3-10H,1-2H2,(H,18,21)(H,19,20). The van der Waals surface area contributed by atoms with E-state index < -0.39 is 11.6 Å². The van der Waals surface area contributed by atoms with E-state index in [1.54, 1.807) is 13.2 Å². The van der Waals surface area contributed by atoms with E-state index in [9.17, 15) is 18.4 Å². The topological polar surface area (TPSA) is 129 Å². The molecule has 52 heavy (non-hydrogen) atoms. The molecule has 1 saturated carbocycles. The number of hydrogen-bond acceptors (Lipinski definition) is 8. The Bertz CT molecular complexity index is 2080. The van der Waals surface area contributed by atoms with Crippen molar-refractivity contribution >= 4 is 34.5 Å². The summed E-state index contributed by atoms with van der Waals surface area (Å²) in [7, 11) is 1.71. The molecule has 2 N–H and O–H groups in total. The van der Waals surface area contributed by atoms with Crippen LogP contribution in [0.1, 0.15) is 42.9 Å². The van der Waals surface area contributed by atoms with Gasteiger partial charge in [0.1, 0.15) is 11.5 Å². The Labute approximate surface area is 300 Å². The van der Waals surface area contributed by atoms with Crippen LogP contribution in [0.25, 0.3) is 39.1 Å². The number of halogens is 2. The number of nitrogens with one attached hydrogen (secondary N) is 2. The highest BCUT2D eigenvalue weighted by molar-refractivity contribution is 5.96. The van der Waals surface area contributed by atoms with E-state index in [0.717, 1.165) is 83.2 Å². The summed E-state index contributed by atoms with van der Waals surface area (Å²) in [6.45, 7) is 4.14. The van der Waals surface area contributed by atoms with E-state index in [1.165, 1.54) is 18.9 Å². The van der Waals surface area contributed by atoms with Crippen molar-refractivity contribution in [1.29, 1.82) is 0 Å². The van der Waals surface area contributed by atoms with Crippen molar-refractivity contribution in [2.75, 3.05) is 51.8 Å². The number of carbonyl (C=O) groups is 2. The molecule has 13 heteroatoms. The van der Waals surface area contributed by atoms with Gasteiger partial charge in [-0.2, -0.15) is 5.10 Å². The van der Waals surface area contributed by atoms with Gasteiger partial charge in [0.2, 0.25) is 12.3 Å². The largest absolute Gasteiger partial charge is 0.384 e. The molecule has 1 saturated heterocycles. The van der Waals surface area contributed by atoms with Gasteiger partial charge < -0.3 is 15.0 Å². The zero-order valence-corrected chi connectivity index (χ0v) is 28.9. The van der Waals surface area contributed by atoms with Crippen molar-refractivity contribution < 1.29 is 23.1 Å². The summed E-state index contributed by atoms with van der Waals surface area (Å²) >= 11 is 0. The fourth-order valence-corrected chi connectivity index (χ4v) is 6.81. The monoisotopic (exact) mass is 706 g/mol. The predicted octanol–water partition coefficient (Wildman–Crippen LogP) is 6.08. The number of likely N-dealkylation sites (tertiary alicyclic amines) is 1. The number of anilines is 1. The average Bonchev–Trinajstić information content (AvgIpc) is 3.80. The fourth-order valence-electron chi connectivity index (χ4n) is 6.81. The Morgan fingerprint density at radius 1 is 1.02 bits per heavy atom. The van der Waals surface area contributed by atoms with Gasteiger partial charge in [0, 0.05) is 61.2 Å². The molecule has 0 spiro atoms. The number of rotatable bonds is 10. The van der Waals surface area contributed by atoms with Crippen molar-refractivity contribution in [1.82, 2.24) is 34.9 Å². The molecule has 1 unspecified atom stereocenters. The van der Waals surface area contributed by atoms with E-state index in [-0.39, 0.29) is 17.3 Å². The Kier molecular flexibility index (Phi) is 10.7. The van der Waals surface area contributed by atoms with Gasteiger partial charge in [0.25, 0.3) is 0 Å². The molecule has 0 bridgehead atoms. The van der Waals surface area contributed by atoms with E-state index >= 15 is 0 Å². The molecule has 268 valence electrons. The molecule has 1 atom stereocenters. The third kappa shape index (κ3) is 8.21. The minimum Gasteiger partial charge on any atom is -0.384 e. The van der Waals surface area contributed by atoms with Crippen LogP contribution in [0.3, 0.4) is 0 Å². The molecule has 5 heterocycles. The van der Waals surface area contributed by atoms with Crippen molar-refractivity contribution in [3.05, 3.63) is 96.1 Å². The molecule has 3 aromatic heterocycles. The zero-order chi connectivity index (χ0) is 36.0. The van der Waals surface area contributed by atoms with Gasteiger partial charge in [-0.25, -0.2) is 18.7 Å². The number of H-pyrrole nitrogens is 1. The third-order valence-electron chi connectivity index (χ3n) is 9.73. The second-order valence-corrected chi connectivity index (χ2v) is 13.4. The van der Waals surface area contributed by atoms with Crippen LogP contribution in [-0.4, -0.2) is 93.7 Å². The maximum Gasteiger partial charge on any atom is 0.237 e. The second-order valence-electron chi connectivity index (χ2n) is 13.4. The van der Waals surface area contributed by atoms with Gasteiger partial charge in [0.05, 0.1) is 36.6 Å². The van der Waals surface area contributed by atoms with Gasteiger partial charge in [-0.1, -0.05) is 12.1 Å². The first-order valence-electron chi connectivity index (χ1n) is 17.5. The predicted molar refractivity (Wildman–Crippen MR) is 194 cm³/mol. The van der Waals surface area contributed by atoms with E-state index in [0.29, 0.717) is 44.3 Å². The lowest BCUT2D eigenvalue weighted by atomic mass is 9.98. The summed E-state index contributed by atoms with van der Waals surface area (Å²) in [6, 6.07) is 14.7. The van der Waals surface area contributed by atoms with Gasteiger partial charge in [-0.05, 0) is 91.7 Å². The lowest BCUT2D eigenvalue weighted by molar-refractivity contribution is -0.131. The summed E-state index contributed by atoms with van der Waals surface area (Å²) in [4.78, 5) is 39.4. The minimum atomic E-state index is -0.563. The average molecular weight is 707 g/mol. The first-order chi connectivity index (χ1) is 25.4. The Morgan fingerprint density at radius 3 is 2.60 bits per heavy atom. The Morgan fingerprint density at radius 2 is 1.87 bits per heavy atom. The number of amides is 2. The van der Waals surface area contributed by atoms with Gasteiger partial charge in [-0.3, -0.25) is 24.6 Å². The number of carbonyl (C=O) groups excluding carboxylic acids is 2.